The molecule has 1 fully saturated rings. The van der Waals surface area contributed by atoms with Crippen molar-refractivity contribution in [1.29, 1.82) is 0 Å². The highest BCUT2D eigenvalue weighted by atomic mass is 15.1. The van der Waals surface area contributed by atoms with E-state index in [1.54, 1.807) is 6.33 Å². The van der Waals surface area contributed by atoms with E-state index in [9.17, 15) is 0 Å². The summed E-state index contributed by atoms with van der Waals surface area (Å²) in [5, 5.41) is 8.07. The molecule has 0 bridgehead atoms. The van der Waals surface area contributed by atoms with Crippen LogP contribution in [-0.2, 0) is 0 Å². The maximum Gasteiger partial charge on any atom is 0.135 e. The van der Waals surface area contributed by atoms with Crippen molar-refractivity contribution in [2.75, 3.05) is 10.6 Å². The fourth-order valence-corrected chi connectivity index (χ4v) is 3.48. The van der Waals surface area contributed by atoms with Gasteiger partial charge in [0.05, 0.1) is 11.2 Å². The van der Waals surface area contributed by atoms with Crippen molar-refractivity contribution < 1.29 is 0 Å². The number of hydrogen-bond acceptors (Lipinski definition) is 5. The molecule has 3 aromatic rings. The van der Waals surface area contributed by atoms with E-state index in [0.717, 1.165) is 28.2 Å². The number of nitrogens with zero attached hydrogens (tertiary/aromatic N) is 3. The minimum Gasteiger partial charge on any atom is -0.367 e. The third-order valence-electron chi connectivity index (χ3n) is 4.77. The van der Waals surface area contributed by atoms with Gasteiger partial charge < -0.3 is 10.6 Å². The summed E-state index contributed by atoms with van der Waals surface area (Å²) in [7, 11) is 0. The molecule has 0 amide bonds. The Morgan fingerprint density at radius 1 is 0.840 bits per heavy atom. The van der Waals surface area contributed by atoms with Gasteiger partial charge in [-0.1, -0.05) is 43.9 Å². The smallest absolute Gasteiger partial charge is 0.135 e. The van der Waals surface area contributed by atoms with Crippen LogP contribution in [0.2, 0.25) is 0 Å². The van der Waals surface area contributed by atoms with E-state index in [2.05, 4.69) is 37.7 Å². The van der Waals surface area contributed by atoms with Crippen molar-refractivity contribution in [3.63, 3.8) is 0 Å². The molecule has 0 atom stereocenters. The predicted molar refractivity (Wildman–Crippen MR) is 102 cm³/mol. The third-order valence-corrected chi connectivity index (χ3v) is 4.77. The fraction of sp³-hybridized carbons (Fsp3) is 0.350. The number of nitrogens with one attached hydrogen (secondary N) is 2. The number of anilines is 3. The van der Waals surface area contributed by atoms with Crippen LogP contribution in [0.5, 0.6) is 0 Å². The molecule has 0 spiro atoms. The molecule has 128 valence electrons. The minimum absolute atomic E-state index is 0.518. The second kappa shape index (κ2) is 7.47. The number of hydrogen-bond donors (Lipinski definition) is 2. The lowest BCUT2D eigenvalue weighted by Crippen LogP contribution is -2.19. The zero-order chi connectivity index (χ0) is 16.9. The molecule has 2 heterocycles. The second-order valence-corrected chi connectivity index (χ2v) is 6.63. The minimum atomic E-state index is 0.518. The van der Waals surface area contributed by atoms with Gasteiger partial charge in [0.15, 0.2) is 0 Å². The van der Waals surface area contributed by atoms with Gasteiger partial charge in [-0.2, -0.15) is 0 Å². The van der Waals surface area contributed by atoms with Gasteiger partial charge in [0.25, 0.3) is 0 Å². The Labute approximate surface area is 147 Å². The van der Waals surface area contributed by atoms with Crippen LogP contribution in [0.4, 0.5) is 17.3 Å². The normalized spacial score (nSPS) is 15.7. The molecule has 1 aromatic carbocycles. The first-order chi connectivity index (χ1) is 12.4. The average Bonchev–Trinajstić information content (AvgIpc) is 2.91. The maximum atomic E-state index is 4.48. The molecular weight excluding hydrogens is 310 g/mol. The van der Waals surface area contributed by atoms with E-state index in [1.165, 1.54) is 38.5 Å². The molecule has 0 unspecified atom stereocenters. The molecule has 2 aromatic heterocycles. The largest absolute Gasteiger partial charge is 0.367 e. The Bertz CT molecular complexity index is 835. The van der Waals surface area contributed by atoms with Gasteiger partial charge in [-0.05, 0) is 25.0 Å². The number of pyridine rings is 1. The molecule has 0 aliphatic heterocycles. The van der Waals surface area contributed by atoms with E-state index < -0.39 is 0 Å². The summed E-state index contributed by atoms with van der Waals surface area (Å²) in [6.45, 7) is 0. The van der Waals surface area contributed by atoms with Crippen LogP contribution in [0.25, 0.3) is 10.9 Å². The molecule has 4 rings (SSSR count). The Hall–Kier alpha value is -2.69. The number of fused-ring (bicyclic) bond motifs is 1. The third kappa shape index (κ3) is 3.87. The van der Waals surface area contributed by atoms with Crippen LogP contribution in [0.15, 0.2) is 48.9 Å². The number of aromatic nitrogens is 3. The topological polar surface area (TPSA) is 62.7 Å². The Morgan fingerprint density at radius 3 is 2.52 bits per heavy atom. The molecule has 0 saturated heterocycles. The summed E-state index contributed by atoms with van der Waals surface area (Å²) in [6.07, 6.45) is 11.2. The summed E-state index contributed by atoms with van der Waals surface area (Å²) < 4.78 is 0. The molecule has 2 N–H and O–H groups in total. The summed E-state index contributed by atoms with van der Waals surface area (Å²) in [5.74, 6) is 1.67. The van der Waals surface area contributed by atoms with Gasteiger partial charge in [0.2, 0.25) is 0 Å². The van der Waals surface area contributed by atoms with E-state index in [4.69, 9.17) is 0 Å². The molecule has 5 heteroatoms. The summed E-state index contributed by atoms with van der Waals surface area (Å²) in [4.78, 5) is 13.2. The molecular formula is C20H23N5. The summed E-state index contributed by atoms with van der Waals surface area (Å²) in [5.41, 5.74) is 1.90. The van der Waals surface area contributed by atoms with Gasteiger partial charge >= 0.3 is 0 Å². The zero-order valence-corrected chi connectivity index (χ0v) is 14.3. The molecule has 25 heavy (non-hydrogen) atoms. The first-order valence-electron chi connectivity index (χ1n) is 9.08. The molecule has 1 aliphatic rings. The van der Waals surface area contributed by atoms with Crippen molar-refractivity contribution >= 4 is 28.2 Å². The van der Waals surface area contributed by atoms with Gasteiger partial charge in [0, 0.05) is 23.7 Å². The van der Waals surface area contributed by atoms with E-state index >= 15 is 0 Å². The number of para-hydroxylation sites is 1. The van der Waals surface area contributed by atoms with Gasteiger partial charge in [-0.25, -0.2) is 9.97 Å². The van der Waals surface area contributed by atoms with E-state index in [0.29, 0.717) is 6.04 Å². The van der Waals surface area contributed by atoms with Gasteiger partial charge in [-0.3, -0.25) is 4.98 Å². The lowest BCUT2D eigenvalue weighted by atomic mass is 10.1. The molecule has 5 nitrogen and oxygen atoms in total. The van der Waals surface area contributed by atoms with Crippen molar-refractivity contribution in [2.24, 2.45) is 0 Å². The zero-order valence-electron chi connectivity index (χ0n) is 14.3. The highest BCUT2D eigenvalue weighted by molar-refractivity contribution is 5.91. The first-order valence-corrected chi connectivity index (χ1v) is 9.08. The van der Waals surface area contributed by atoms with Crippen LogP contribution in [0.1, 0.15) is 38.5 Å². The quantitative estimate of drug-likeness (QED) is 0.665. The second-order valence-electron chi connectivity index (χ2n) is 6.63. The van der Waals surface area contributed by atoms with E-state index in [1.807, 2.05) is 30.5 Å². The van der Waals surface area contributed by atoms with Crippen molar-refractivity contribution in [3.05, 3.63) is 48.9 Å². The molecule has 1 aliphatic carbocycles. The first kappa shape index (κ1) is 15.8. The van der Waals surface area contributed by atoms with Crippen molar-refractivity contribution in [3.8, 4) is 0 Å². The predicted octanol–water partition coefficient (Wildman–Crippen LogP) is 4.90. The monoisotopic (exact) mass is 333 g/mol. The molecule has 1 saturated carbocycles. The number of benzene rings is 1. The summed E-state index contributed by atoms with van der Waals surface area (Å²) in [6, 6.07) is 12.6. The Morgan fingerprint density at radius 2 is 1.64 bits per heavy atom. The van der Waals surface area contributed by atoms with Gasteiger partial charge in [0.1, 0.15) is 18.0 Å². The van der Waals surface area contributed by atoms with Crippen LogP contribution in [-0.4, -0.2) is 21.0 Å². The van der Waals surface area contributed by atoms with Crippen LogP contribution in [0.3, 0.4) is 0 Å². The van der Waals surface area contributed by atoms with E-state index in [-0.39, 0.29) is 0 Å². The number of rotatable bonds is 4. The van der Waals surface area contributed by atoms with Crippen molar-refractivity contribution in [2.45, 2.75) is 44.6 Å². The standard InChI is InChI=1S/C20H23N5/c1-2-4-10-16(9-3-1)24-18-13-19(23-14-22-18)25-17-11-5-7-15-8-6-12-21-20(15)17/h5-8,11-14,16H,1-4,9-10H2,(H2,22,23,24,25). The highest BCUT2D eigenvalue weighted by Crippen LogP contribution is 2.25. The SMILES string of the molecule is c1cnc2c(Nc3cc(NC4CCCCCC4)ncn3)cccc2c1. The Kier molecular flexibility index (Phi) is 4.72. The molecule has 0 radical (unpaired) electrons. The lowest BCUT2D eigenvalue weighted by molar-refractivity contribution is 0.617. The Balaban J connectivity index is 1.53. The fourth-order valence-electron chi connectivity index (χ4n) is 3.48. The average molecular weight is 333 g/mol. The lowest BCUT2D eigenvalue weighted by Gasteiger charge is -2.17. The summed E-state index contributed by atoms with van der Waals surface area (Å²) >= 11 is 0. The van der Waals surface area contributed by atoms with Crippen LogP contribution in [0, 0.1) is 0 Å². The van der Waals surface area contributed by atoms with Crippen molar-refractivity contribution in [1.82, 2.24) is 15.0 Å². The van der Waals surface area contributed by atoms with Gasteiger partial charge in [-0.15, -0.1) is 0 Å². The highest BCUT2D eigenvalue weighted by Gasteiger charge is 2.13. The van der Waals surface area contributed by atoms with Crippen LogP contribution >= 0.6 is 0 Å². The van der Waals surface area contributed by atoms with Crippen LogP contribution < -0.4 is 10.6 Å². The maximum absolute atomic E-state index is 4.48.